The van der Waals surface area contributed by atoms with Crippen LogP contribution >= 0.6 is 0 Å². The number of benzene rings is 1. The van der Waals surface area contributed by atoms with E-state index in [-0.39, 0.29) is 0 Å². The molecular weight excluding hydrogens is 194 g/mol. The number of rotatable bonds is 0. The third-order valence-electron chi connectivity index (χ3n) is 3.55. The smallest absolute Gasteiger partial charge is 0.0422 e. The predicted octanol–water partition coefficient (Wildman–Crippen LogP) is 3.91. The molecule has 0 bridgehead atoms. The SMILES string of the molecule is CC1=CC2=C(CC1)c1ccc(C)cc1NC2. The molecule has 1 aromatic rings. The van der Waals surface area contributed by atoms with Crippen molar-refractivity contribution in [3.63, 3.8) is 0 Å². The van der Waals surface area contributed by atoms with Crippen LogP contribution in [-0.4, -0.2) is 6.54 Å². The van der Waals surface area contributed by atoms with Crippen molar-refractivity contribution in [1.29, 1.82) is 0 Å². The van der Waals surface area contributed by atoms with E-state index in [0.29, 0.717) is 0 Å². The molecule has 0 unspecified atom stereocenters. The van der Waals surface area contributed by atoms with Crippen LogP contribution in [0.1, 0.15) is 30.9 Å². The molecule has 2 aliphatic rings. The monoisotopic (exact) mass is 211 g/mol. The summed E-state index contributed by atoms with van der Waals surface area (Å²) in [5.74, 6) is 0. The first kappa shape index (κ1) is 9.71. The molecule has 1 heteroatoms. The summed E-state index contributed by atoms with van der Waals surface area (Å²) < 4.78 is 0. The molecule has 0 saturated heterocycles. The standard InChI is InChI=1S/C15H17N/c1-10-3-5-13-12(7-10)9-16-15-8-11(2)4-6-14(13)15/h4,6-8,16H,3,5,9H2,1-2H3. The quantitative estimate of drug-likeness (QED) is 0.686. The van der Waals surface area contributed by atoms with Crippen molar-refractivity contribution >= 4 is 11.3 Å². The highest BCUT2D eigenvalue weighted by Crippen LogP contribution is 2.38. The van der Waals surface area contributed by atoms with Gasteiger partial charge in [0.1, 0.15) is 0 Å². The Bertz CT molecular complexity index is 506. The molecule has 0 amide bonds. The van der Waals surface area contributed by atoms with E-state index >= 15 is 0 Å². The van der Waals surface area contributed by atoms with E-state index in [0.717, 1.165) is 6.54 Å². The van der Waals surface area contributed by atoms with Crippen LogP contribution in [-0.2, 0) is 0 Å². The maximum atomic E-state index is 3.52. The van der Waals surface area contributed by atoms with E-state index in [1.807, 2.05) is 0 Å². The first-order valence-electron chi connectivity index (χ1n) is 5.98. The average molecular weight is 211 g/mol. The Kier molecular flexibility index (Phi) is 2.13. The molecule has 0 spiro atoms. The second kappa shape index (κ2) is 3.51. The predicted molar refractivity (Wildman–Crippen MR) is 69.6 cm³/mol. The third kappa shape index (κ3) is 1.47. The van der Waals surface area contributed by atoms with Crippen LogP contribution in [0.15, 0.2) is 35.4 Å². The van der Waals surface area contributed by atoms with Crippen LogP contribution in [0.5, 0.6) is 0 Å². The van der Waals surface area contributed by atoms with Gasteiger partial charge in [0.2, 0.25) is 0 Å². The minimum atomic E-state index is 0.989. The van der Waals surface area contributed by atoms with Gasteiger partial charge in [-0.3, -0.25) is 0 Å². The number of anilines is 1. The van der Waals surface area contributed by atoms with Crippen molar-refractivity contribution < 1.29 is 0 Å². The zero-order chi connectivity index (χ0) is 11.1. The largest absolute Gasteiger partial charge is 0.380 e. The molecule has 1 aliphatic carbocycles. The van der Waals surface area contributed by atoms with Crippen LogP contribution < -0.4 is 5.32 Å². The minimum Gasteiger partial charge on any atom is -0.380 e. The Hall–Kier alpha value is -1.50. The van der Waals surface area contributed by atoms with Gasteiger partial charge in [0.15, 0.2) is 0 Å². The maximum Gasteiger partial charge on any atom is 0.0422 e. The van der Waals surface area contributed by atoms with Gasteiger partial charge in [-0.15, -0.1) is 0 Å². The molecule has 0 saturated carbocycles. The Balaban J connectivity index is 2.14. The second-order valence-electron chi connectivity index (χ2n) is 4.90. The molecule has 0 aromatic heterocycles. The number of allylic oxidation sites excluding steroid dienone is 2. The van der Waals surface area contributed by atoms with Gasteiger partial charge in [-0.05, 0) is 49.5 Å². The third-order valence-corrected chi connectivity index (χ3v) is 3.55. The number of hydrogen-bond acceptors (Lipinski definition) is 1. The molecule has 1 heterocycles. The van der Waals surface area contributed by atoms with E-state index in [1.165, 1.54) is 40.8 Å². The van der Waals surface area contributed by atoms with Crippen molar-refractivity contribution in [1.82, 2.24) is 0 Å². The summed E-state index contributed by atoms with van der Waals surface area (Å²) in [4.78, 5) is 0. The lowest BCUT2D eigenvalue weighted by Gasteiger charge is -2.27. The molecule has 1 aromatic carbocycles. The Labute approximate surface area is 96.9 Å². The molecule has 16 heavy (non-hydrogen) atoms. The molecular formula is C15H17N. The fraction of sp³-hybridized carbons (Fsp3) is 0.333. The lowest BCUT2D eigenvalue weighted by atomic mass is 9.85. The van der Waals surface area contributed by atoms with E-state index in [4.69, 9.17) is 0 Å². The van der Waals surface area contributed by atoms with Gasteiger partial charge < -0.3 is 5.32 Å². The van der Waals surface area contributed by atoms with Crippen molar-refractivity contribution in [2.75, 3.05) is 11.9 Å². The molecule has 1 aliphatic heterocycles. The van der Waals surface area contributed by atoms with Crippen LogP contribution in [0.25, 0.3) is 5.57 Å². The van der Waals surface area contributed by atoms with Crippen molar-refractivity contribution in [3.8, 4) is 0 Å². The molecule has 82 valence electrons. The lowest BCUT2D eigenvalue weighted by Crippen LogP contribution is -2.15. The highest BCUT2D eigenvalue weighted by Gasteiger charge is 2.19. The fourth-order valence-corrected chi connectivity index (χ4v) is 2.66. The highest BCUT2D eigenvalue weighted by molar-refractivity contribution is 5.84. The van der Waals surface area contributed by atoms with E-state index in [2.05, 4.69) is 43.4 Å². The number of aryl methyl sites for hydroxylation is 1. The topological polar surface area (TPSA) is 12.0 Å². The van der Waals surface area contributed by atoms with Crippen LogP contribution in [0.2, 0.25) is 0 Å². The van der Waals surface area contributed by atoms with E-state index in [9.17, 15) is 0 Å². The lowest BCUT2D eigenvalue weighted by molar-refractivity contribution is 0.947. The molecule has 0 radical (unpaired) electrons. The van der Waals surface area contributed by atoms with Gasteiger partial charge in [0.05, 0.1) is 0 Å². The normalized spacial score (nSPS) is 18.5. The summed E-state index contributed by atoms with van der Waals surface area (Å²) in [5.41, 5.74) is 8.61. The maximum absolute atomic E-state index is 3.52. The number of hydrogen-bond donors (Lipinski definition) is 1. The Morgan fingerprint density at radius 2 is 2.00 bits per heavy atom. The Morgan fingerprint density at radius 1 is 1.12 bits per heavy atom. The van der Waals surface area contributed by atoms with Gasteiger partial charge in [-0.25, -0.2) is 0 Å². The van der Waals surface area contributed by atoms with E-state index in [1.54, 1.807) is 5.57 Å². The molecule has 0 fully saturated rings. The summed E-state index contributed by atoms with van der Waals surface area (Å²) in [5, 5.41) is 3.52. The molecule has 3 rings (SSSR count). The molecule has 1 nitrogen and oxygen atoms in total. The number of nitrogens with one attached hydrogen (secondary N) is 1. The second-order valence-corrected chi connectivity index (χ2v) is 4.90. The first-order valence-corrected chi connectivity index (χ1v) is 5.98. The van der Waals surface area contributed by atoms with Crippen molar-refractivity contribution in [3.05, 3.63) is 46.5 Å². The van der Waals surface area contributed by atoms with Crippen molar-refractivity contribution in [2.24, 2.45) is 0 Å². The van der Waals surface area contributed by atoms with Gasteiger partial charge in [0.25, 0.3) is 0 Å². The fourth-order valence-electron chi connectivity index (χ4n) is 2.66. The van der Waals surface area contributed by atoms with Crippen LogP contribution in [0, 0.1) is 6.92 Å². The summed E-state index contributed by atoms with van der Waals surface area (Å²) in [6.07, 6.45) is 4.77. The first-order chi connectivity index (χ1) is 7.74. The van der Waals surface area contributed by atoms with Crippen LogP contribution in [0.4, 0.5) is 5.69 Å². The average Bonchev–Trinajstić information content (AvgIpc) is 2.28. The van der Waals surface area contributed by atoms with Gasteiger partial charge >= 0.3 is 0 Å². The molecule has 0 atom stereocenters. The molecule has 1 N–H and O–H groups in total. The Morgan fingerprint density at radius 3 is 2.88 bits per heavy atom. The summed E-state index contributed by atoms with van der Waals surface area (Å²) in [7, 11) is 0. The van der Waals surface area contributed by atoms with Gasteiger partial charge in [-0.1, -0.05) is 23.8 Å². The zero-order valence-electron chi connectivity index (χ0n) is 9.93. The van der Waals surface area contributed by atoms with E-state index < -0.39 is 0 Å². The summed E-state index contributed by atoms with van der Waals surface area (Å²) in [6, 6.07) is 6.73. The highest BCUT2D eigenvalue weighted by atomic mass is 14.9. The van der Waals surface area contributed by atoms with Gasteiger partial charge in [-0.2, -0.15) is 0 Å². The number of fused-ring (bicyclic) bond motifs is 2. The van der Waals surface area contributed by atoms with Crippen molar-refractivity contribution in [2.45, 2.75) is 26.7 Å². The zero-order valence-corrected chi connectivity index (χ0v) is 9.93. The van der Waals surface area contributed by atoms with Gasteiger partial charge in [0, 0.05) is 17.8 Å². The summed E-state index contributed by atoms with van der Waals surface area (Å²) in [6.45, 7) is 5.37. The van der Waals surface area contributed by atoms with Crippen LogP contribution in [0.3, 0.4) is 0 Å². The minimum absolute atomic E-state index is 0.989. The summed E-state index contributed by atoms with van der Waals surface area (Å²) >= 11 is 0.